The Morgan fingerprint density at radius 3 is 2.41 bits per heavy atom. The smallest absolute Gasteiger partial charge is 0.408 e. The Labute approximate surface area is 243 Å². The van der Waals surface area contributed by atoms with Crippen molar-refractivity contribution in [2.45, 2.75) is 78.8 Å². The Balaban J connectivity index is 1.96. The number of carbonyl (C=O) groups excluding carboxylic acids is 3. The van der Waals surface area contributed by atoms with Crippen LogP contribution in [-0.4, -0.2) is 56.7 Å². The van der Waals surface area contributed by atoms with Gasteiger partial charge in [-0.15, -0.1) is 21.5 Å². The number of carbonyl (C=O) groups is 3. The van der Waals surface area contributed by atoms with Crippen LogP contribution in [0, 0.1) is 12.8 Å². The van der Waals surface area contributed by atoms with Gasteiger partial charge in [0.25, 0.3) is 0 Å². The van der Waals surface area contributed by atoms with Crippen LogP contribution < -0.4 is 15.4 Å². The predicted molar refractivity (Wildman–Crippen MR) is 152 cm³/mol. The SMILES string of the molecule is CNC(=O)C(c1csc(COc2ccccc2)n1)N(Cc1nnc(C)o1)C(=O)C(CC(C)C)NC(=O)OC(C)(C)C. The molecule has 2 atom stereocenters. The van der Waals surface area contributed by atoms with Gasteiger partial charge in [-0.05, 0) is 45.2 Å². The highest BCUT2D eigenvalue weighted by atomic mass is 32.1. The van der Waals surface area contributed by atoms with Crippen molar-refractivity contribution in [1.82, 2.24) is 30.7 Å². The molecular formula is C28H38N6O6S. The molecule has 3 amide bonds. The third kappa shape index (κ3) is 9.55. The maximum absolute atomic E-state index is 14.2. The number of thiazole rings is 1. The van der Waals surface area contributed by atoms with Crippen molar-refractivity contribution >= 4 is 29.2 Å². The molecule has 3 rings (SSSR count). The summed E-state index contributed by atoms with van der Waals surface area (Å²) in [5, 5.41) is 15.5. The van der Waals surface area contributed by atoms with Crippen LogP contribution >= 0.6 is 11.3 Å². The Kier molecular flexibility index (Phi) is 10.8. The van der Waals surface area contributed by atoms with Crippen LogP contribution in [0.3, 0.4) is 0 Å². The van der Waals surface area contributed by atoms with Gasteiger partial charge >= 0.3 is 6.09 Å². The Bertz CT molecular complexity index is 1300. The molecule has 2 N–H and O–H groups in total. The molecule has 2 heterocycles. The molecule has 2 unspecified atom stereocenters. The van der Waals surface area contributed by atoms with E-state index in [2.05, 4.69) is 25.8 Å². The molecule has 13 heteroatoms. The average Bonchev–Trinajstić information content (AvgIpc) is 3.54. The van der Waals surface area contributed by atoms with Crippen molar-refractivity contribution in [1.29, 1.82) is 0 Å². The van der Waals surface area contributed by atoms with Gasteiger partial charge in [-0.25, -0.2) is 9.78 Å². The van der Waals surface area contributed by atoms with Gasteiger partial charge in [-0.1, -0.05) is 32.0 Å². The monoisotopic (exact) mass is 586 g/mol. The number of amides is 3. The maximum Gasteiger partial charge on any atom is 0.408 e. The van der Waals surface area contributed by atoms with E-state index >= 15 is 0 Å². The lowest BCUT2D eigenvalue weighted by Gasteiger charge is -2.33. The van der Waals surface area contributed by atoms with Gasteiger partial charge < -0.3 is 29.4 Å². The third-order valence-corrected chi connectivity index (χ3v) is 6.45. The predicted octanol–water partition coefficient (Wildman–Crippen LogP) is 4.17. The van der Waals surface area contributed by atoms with Crippen LogP contribution in [0.1, 0.15) is 69.6 Å². The lowest BCUT2D eigenvalue weighted by atomic mass is 10.0. The molecule has 41 heavy (non-hydrogen) atoms. The largest absolute Gasteiger partial charge is 0.486 e. The molecule has 0 aliphatic rings. The second kappa shape index (κ2) is 14.1. The van der Waals surface area contributed by atoms with Crippen molar-refractivity contribution in [3.63, 3.8) is 0 Å². The fourth-order valence-corrected chi connectivity index (χ4v) is 4.66. The summed E-state index contributed by atoms with van der Waals surface area (Å²) in [4.78, 5) is 46.2. The first-order valence-corrected chi connectivity index (χ1v) is 14.2. The number of rotatable bonds is 12. The maximum atomic E-state index is 14.2. The molecule has 0 saturated heterocycles. The molecule has 0 aliphatic carbocycles. The minimum atomic E-state index is -1.16. The quantitative estimate of drug-likeness (QED) is 0.319. The Morgan fingerprint density at radius 1 is 1.12 bits per heavy atom. The summed E-state index contributed by atoms with van der Waals surface area (Å²) in [6.07, 6.45) is -0.443. The van der Waals surface area contributed by atoms with E-state index in [1.54, 1.807) is 33.1 Å². The first-order chi connectivity index (χ1) is 19.4. The lowest BCUT2D eigenvalue weighted by Crippen LogP contribution is -2.53. The summed E-state index contributed by atoms with van der Waals surface area (Å²) >= 11 is 1.31. The van der Waals surface area contributed by atoms with Crippen LogP contribution in [0.2, 0.25) is 0 Å². The van der Waals surface area contributed by atoms with E-state index in [1.807, 2.05) is 44.2 Å². The van der Waals surface area contributed by atoms with Crippen molar-refractivity contribution in [2.75, 3.05) is 7.05 Å². The van der Waals surface area contributed by atoms with Crippen LogP contribution in [0.5, 0.6) is 5.75 Å². The zero-order chi connectivity index (χ0) is 30.2. The van der Waals surface area contributed by atoms with E-state index in [0.717, 1.165) is 0 Å². The van der Waals surface area contributed by atoms with Crippen LogP contribution in [0.4, 0.5) is 4.79 Å². The number of likely N-dealkylation sites (N-methyl/N-ethyl adjacent to an activating group) is 1. The van der Waals surface area contributed by atoms with E-state index in [-0.39, 0.29) is 25.0 Å². The van der Waals surface area contributed by atoms with Crippen molar-refractivity contribution in [3.8, 4) is 5.75 Å². The average molecular weight is 587 g/mol. The molecule has 0 fully saturated rings. The van der Waals surface area contributed by atoms with E-state index < -0.39 is 35.6 Å². The number of alkyl carbamates (subject to hydrolysis) is 1. The summed E-state index contributed by atoms with van der Waals surface area (Å²) in [5.74, 6) is 0.156. The van der Waals surface area contributed by atoms with Gasteiger partial charge in [-0.3, -0.25) is 9.59 Å². The van der Waals surface area contributed by atoms with Crippen molar-refractivity contribution in [2.24, 2.45) is 5.92 Å². The van der Waals surface area contributed by atoms with Crippen LogP contribution in [-0.2, 0) is 27.5 Å². The Hall–Kier alpha value is -4.00. The molecule has 1 aromatic carbocycles. The normalized spacial score (nSPS) is 12.9. The number of hydrogen-bond donors (Lipinski definition) is 2. The van der Waals surface area contributed by atoms with E-state index in [4.69, 9.17) is 13.9 Å². The second-order valence-corrected chi connectivity index (χ2v) is 11.7. The molecular weight excluding hydrogens is 548 g/mol. The number of aromatic nitrogens is 3. The van der Waals surface area contributed by atoms with Gasteiger partial charge in [0.05, 0.1) is 5.69 Å². The van der Waals surface area contributed by atoms with Crippen molar-refractivity contribution in [3.05, 3.63) is 58.2 Å². The number of benzene rings is 1. The number of hydrogen-bond acceptors (Lipinski definition) is 10. The van der Waals surface area contributed by atoms with Crippen molar-refractivity contribution < 1.29 is 28.3 Å². The second-order valence-electron chi connectivity index (χ2n) is 10.8. The topological polar surface area (TPSA) is 149 Å². The number of nitrogens with zero attached hydrogens (tertiary/aromatic N) is 4. The number of ether oxygens (including phenoxy) is 2. The highest BCUT2D eigenvalue weighted by Gasteiger charge is 2.38. The van der Waals surface area contributed by atoms with Gasteiger partial charge in [0.2, 0.25) is 23.6 Å². The van der Waals surface area contributed by atoms with Crippen LogP contribution in [0.15, 0.2) is 40.1 Å². The summed E-state index contributed by atoms with van der Waals surface area (Å²) in [6.45, 7) is 10.7. The number of aryl methyl sites for hydroxylation is 1. The van der Waals surface area contributed by atoms with Gasteiger partial charge in [-0.2, -0.15) is 0 Å². The Morgan fingerprint density at radius 2 is 1.83 bits per heavy atom. The van der Waals surface area contributed by atoms with Gasteiger partial charge in [0, 0.05) is 19.4 Å². The summed E-state index contributed by atoms with van der Waals surface area (Å²) in [7, 11) is 1.48. The van der Waals surface area contributed by atoms with E-state index in [9.17, 15) is 14.4 Å². The molecule has 222 valence electrons. The molecule has 0 saturated carbocycles. The first-order valence-electron chi connectivity index (χ1n) is 13.3. The molecule has 0 radical (unpaired) electrons. The van der Waals surface area contributed by atoms with Gasteiger partial charge in [0.15, 0.2) is 6.04 Å². The lowest BCUT2D eigenvalue weighted by molar-refractivity contribution is -0.143. The van der Waals surface area contributed by atoms with Gasteiger partial charge in [0.1, 0.15) is 35.6 Å². The first kappa shape index (κ1) is 31.5. The number of para-hydroxylation sites is 1. The minimum absolute atomic E-state index is 0.0332. The molecule has 12 nitrogen and oxygen atoms in total. The fourth-order valence-electron chi connectivity index (χ4n) is 3.94. The molecule has 0 spiro atoms. The highest BCUT2D eigenvalue weighted by molar-refractivity contribution is 7.09. The fraction of sp³-hybridized carbons (Fsp3) is 0.500. The molecule has 3 aromatic rings. The van der Waals surface area contributed by atoms with E-state index in [0.29, 0.717) is 28.8 Å². The van der Waals surface area contributed by atoms with E-state index in [1.165, 1.54) is 23.3 Å². The molecule has 0 aliphatic heterocycles. The minimum Gasteiger partial charge on any atom is -0.486 e. The summed E-state index contributed by atoms with van der Waals surface area (Å²) < 4.78 is 16.8. The summed E-state index contributed by atoms with van der Waals surface area (Å²) in [6, 6.07) is 7.14. The highest BCUT2D eigenvalue weighted by Crippen LogP contribution is 2.27. The zero-order valence-electron chi connectivity index (χ0n) is 24.5. The number of nitrogens with one attached hydrogen (secondary N) is 2. The zero-order valence-corrected chi connectivity index (χ0v) is 25.3. The molecule has 0 bridgehead atoms. The van der Waals surface area contributed by atoms with Crippen LogP contribution in [0.25, 0.3) is 0 Å². The molecule has 2 aromatic heterocycles. The summed E-state index contributed by atoms with van der Waals surface area (Å²) in [5.41, 5.74) is -0.425. The standard InChI is InChI=1S/C28H38N6O6S/c1-17(2)13-20(31-27(37)40-28(4,5)6)26(36)34(14-22-33-32-18(3)39-22)24(25(35)29-7)21-16-41-23(30-21)15-38-19-11-9-8-10-12-19/h8-12,16-17,20,24H,13-15H2,1-7H3,(H,29,35)(H,31,37). The third-order valence-electron chi connectivity index (χ3n) is 5.61.